The molecule has 0 amide bonds. The highest BCUT2D eigenvalue weighted by Crippen LogP contribution is 2.29. The van der Waals surface area contributed by atoms with Gasteiger partial charge in [0.15, 0.2) is 0 Å². The van der Waals surface area contributed by atoms with E-state index in [1.165, 1.54) is 5.56 Å². The lowest BCUT2D eigenvalue weighted by Gasteiger charge is -2.16. The van der Waals surface area contributed by atoms with Crippen molar-refractivity contribution in [3.63, 3.8) is 0 Å². The molecular formula is C16H18N2O2. The zero-order chi connectivity index (χ0) is 14.7. The first-order valence-corrected chi connectivity index (χ1v) is 6.55. The van der Waals surface area contributed by atoms with Gasteiger partial charge in [-0.25, -0.2) is 0 Å². The van der Waals surface area contributed by atoms with Gasteiger partial charge in [0.05, 0.1) is 4.92 Å². The number of anilines is 1. The van der Waals surface area contributed by atoms with E-state index in [1.807, 2.05) is 45.0 Å². The summed E-state index contributed by atoms with van der Waals surface area (Å²) in [5, 5.41) is 14.3. The smallest absolute Gasteiger partial charge is 0.292 e. The second-order valence-electron chi connectivity index (χ2n) is 5.06. The minimum Gasteiger partial charge on any atom is -0.373 e. The number of benzene rings is 2. The molecule has 0 bridgehead atoms. The van der Waals surface area contributed by atoms with Crippen LogP contribution < -0.4 is 5.32 Å². The predicted molar refractivity (Wildman–Crippen MR) is 81.1 cm³/mol. The van der Waals surface area contributed by atoms with Crippen LogP contribution >= 0.6 is 0 Å². The number of nitrogens with zero attached hydrogens (tertiary/aromatic N) is 1. The van der Waals surface area contributed by atoms with Crippen LogP contribution in [0.3, 0.4) is 0 Å². The molecule has 0 aliphatic carbocycles. The number of rotatable bonds is 4. The fourth-order valence-electron chi connectivity index (χ4n) is 2.17. The van der Waals surface area contributed by atoms with Crippen molar-refractivity contribution in [3.05, 3.63) is 69.3 Å². The average Bonchev–Trinajstić information content (AvgIpc) is 2.40. The Kier molecular flexibility index (Phi) is 4.03. The second-order valence-corrected chi connectivity index (χ2v) is 5.06. The SMILES string of the molecule is Cc1cccc(C(C)Nc2ccc(C)cc2[N+](=O)[O-])c1. The molecule has 0 fully saturated rings. The van der Waals surface area contributed by atoms with Crippen molar-refractivity contribution in [1.82, 2.24) is 0 Å². The summed E-state index contributed by atoms with van der Waals surface area (Å²) in [6.45, 7) is 5.88. The largest absolute Gasteiger partial charge is 0.373 e. The summed E-state index contributed by atoms with van der Waals surface area (Å²) >= 11 is 0. The third-order valence-corrected chi connectivity index (χ3v) is 3.26. The fraction of sp³-hybridized carbons (Fsp3) is 0.250. The number of nitro groups is 1. The molecule has 1 atom stereocenters. The molecule has 20 heavy (non-hydrogen) atoms. The molecule has 4 heteroatoms. The minimum absolute atomic E-state index is 0.0105. The van der Waals surface area contributed by atoms with E-state index in [9.17, 15) is 10.1 Å². The van der Waals surface area contributed by atoms with Crippen LogP contribution in [-0.2, 0) is 0 Å². The van der Waals surface area contributed by atoms with Gasteiger partial charge in [0.2, 0.25) is 0 Å². The Morgan fingerprint density at radius 3 is 2.45 bits per heavy atom. The Labute approximate surface area is 118 Å². The topological polar surface area (TPSA) is 55.2 Å². The summed E-state index contributed by atoms with van der Waals surface area (Å²) in [4.78, 5) is 10.8. The molecular weight excluding hydrogens is 252 g/mol. The molecule has 2 aromatic rings. The summed E-state index contributed by atoms with van der Waals surface area (Å²) in [5.74, 6) is 0. The highest BCUT2D eigenvalue weighted by Gasteiger charge is 2.16. The zero-order valence-electron chi connectivity index (χ0n) is 11.9. The van der Waals surface area contributed by atoms with Crippen LogP contribution in [0.25, 0.3) is 0 Å². The molecule has 0 heterocycles. The van der Waals surface area contributed by atoms with E-state index in [1.54, 1.807) is 12.1 Å². The Morgan fingerprint density at radius 1 is 1.10 bits per heavy atom. The fourth-order valence-corrected chi connectivity index (χ4v) is 2.17. The van der Waals surface area contributed by atoms with E-state index in [-0.39, 0.29) is 16.7 Å². The third kappa shape index (κ3) is 3.15. The zero-order valence-corrected chi connectivity index (χ0v) is 11.9. The van der Waals surface area contributed by atoms with Crippen LogP contribution in [0.2, 0.25) is 0 Å². The van der Waals surface area contributed by atoms with Gasteiger partial charge in [-0.2, -0.15) is 0 Å². The molecule has 2 aromatic carbocycles. The van der Waals surface area contributed by atoms with Crippen molar-refractivity contribution in [1.29, 1.82) is 0 Å². The first-order chi connectivity index (χ1) is 9.47. The molecule has 2 rings (SSSR count). The molecule has 0 aliphatic heterocycles. The van der Waals surface area contributed by atoms with Crippen LogP contribution in [0, 0.1) is 24.0 Å². The first kappa shape index (κ1) is 14.1. The lowest BCUT2D eigenvalue weighted by Crippen LogP contribution is -2.08. The van der Waals surface area contributed by atoms with Crippen molar-refractivity contribution in [2.45, 2.75) is 26.8 Å². The van der Waals surface area contributed by atoms with E-state index in [0.717, 1.165) is 11.1 Å². The van der Waals surface area contributed by atoms with E-state index in [0.29, 0.717) is 5.69 Å². The van der Waals surface area contributed by atoms with Crippen LogP contribution in [0.15, 0.2) is 42.5 Å². The lowest BCUT2D eigenvalue weighted by atomic mass is 10.1. The van der Waals surface area contributed by atoms with E-state index in [4.69, 9.17) is 0 Å². The maximum atomic E-state index is 11.1. The molecule has 0 radical (unpaired) electrons. The van der Waals surface area contributed by atoms with Crippen molar-refractivity contribution < 1.29 is 4.92 Å². The number of hydrogen-bond donors (Lipinski definition) is 1. The molecule has 1 N–H and O–H groups in total. The van der Waals surface area contributed by atoms with Gasteiger partial charge in [-0.15, -0.1) is 0 Å². The van der Waals surface area contributed by atoms with Crippen molar-refractivity contribution >= 4 is 11.4 Å². The van der Waals surface area contributed by atoms with Gasteiger partial charge in [-0.1, -0.05) is 35.9 Å². The quantitative estimate of drug-likeness (QED) is 0.662. The molecule has 0 aromatic heterocycles. The van der Waals surface area contributed by atoms with Gasteiger partial charge in [-0.3, -0.25) is 10.1 Å². The number of nitrogens with one attached hydrogen (secondary N) is 1. The maximum Gasteiger partial charge on any atom is 0.292 e. The van der Waals surface area contributed by atoms with Gasteiger partial charge in [0, 0.05) is 12.1 Å². The summed E-state index contributed by atoms with van der Waals surface area (Å²) in [5.41, 5.74) is 3.83. The summed E-state index contributed by atoms with van der Waals surface area (Å²) < 4.78 is 0. The van der Waals surface area contributed by atoms with E-state index in [2.05, 4.69) is 11.4 Å². The average molecular weight is 270 g/mol. The van der Waals surface area contributed by atoms with Gasteiger partial charge < -0.3 is 5.32 Å². The minimum atomic E-state index is -0.349. The van der Waals surface area contributed by atoms with Crippen molar-refractivity contribution in [2.75, 3.05) is 5.32 Å². The summed E-state index contributed by atoms with van der Waals surface area (Å²) in [6.07, 6.45) is 0. The molecule has 0 saturated carbocycles. The van der Waals surface area contributed by atoms with Gasteiger partial charge in [0.25, 0.3) is 5.69 Å². The summed E-state index contributed by atoms with van der Waals surface area (Å²) in [6, 6.07) is 13.4. The van der Waals surface area contributed by atoms with Crippen LogP contribution in [-0.4, -0.2) is 4.92 Å². The highest BCUT2D eigenvalue weighted by atomic mass is 16.6. The van der Waals surface area contributed by atoms with Crippen molar-refractivity contribution in [3.8, 4) is 0 Å². The first-order valence-electron chi connectivity index (χ1n) is 6.55. The number of nitro benzene ring substituents is 1. The number of hydrogen-bond acceptors (Lipinski definition) is 3. The van der Waals surface area contributed by atoms with E-state index < -0.39 is 0 Å². The molecule has 0 aliphatic rings. The molecule has 0 saturated heterocycles. The monoisotopic (exact) mass is 270 g/mol. The maximum absolute atomic E-state index is 11.1. The predicted octanol–water partition coefficient (Wildman–Crippen LogP) is 4.38. The summed E-state index contributed by atoms with van der Waals surface area (Å²) in [7, 11) is 0. The van der Waals surface area contributed by atoms with Gasteiger partial charge >= 0.3 is 0 Å². The Hall–Kier alpha value is -2.36. The standard InChI is InChI=1S/C16H18N2O2/c1-11-5-4-6-14(9-11)13(3)17-15-8-7-12(2)10-16(15)18(19)20/h4-10,13,17H,1-3H3. The lowest BCUT2D eigenvalue weighted by molar-refractivity contribution is -0.384. The molecule has 4 nitrogen and oxygen atoms in total. The van der Waals surface area contributed by atoms with Crippen LogP contribution in [0.5, 0.6) is 0 Å². The van der Waals surface area contributed by atoms with Gasteiger partial charge in [-0.05, 0) is 38.0 Å². The van der Waals surface area contributed by atoms with Gasteiger partial charge in [0.1, 0.15) is 5.69 Å². The Bertz CT molecular complexity index is 638. The Balaban J connectivity index is 2.28. The second kappa shape index (κ2) is 5.74. The molecule has 1 unspecified atom stereocenters. The molecule has 104 valence electrons. The van der Waals surface area contributed by atoms with Crippen LogP contribution in [0.1, 0.15) is 29.7 Å². The van der Waals surface area contributed by atoms with Crippen molar-refractivity contribution in [2.24, 2.45) is 0 Å². The Morgan fingerprint density at radius 2 is 1.80 bits per heavy atom. The third-order valence-electron chi connectivity index (χ3n) is 3.26. The normalized spacial score (nSPS) is 11.9. The van der Waals surface area contributed by atoms with Crippen LogP contribution in [0.4, 0.5) is 11.4 Å². The highest BCUT2D eigenvalue weighted by molar-refractivity contribution is 5.63. The number of aryl methyl sites for hydroxylation is 2. The van der Waals surface area contributed by atoms with E-state index >= 15 is 0 Å². The molecule has 0 spiro atoms.